The van der Waals surface area contributed by atoms with Gasteiger partial charge in [-0.05, 0) is 53.3 Å². The summed E-state index contributed by atoms with van der Waals surface area (Å²) in [6.45, 7) is 1.94. The molecule has 0 atom stereocenters. The molecule has 0 aliphatic heterocycles. The molecule has 0 saturated carbocycles. The number of halogens is 1. The standard InChI is InChI=1S/C15H13IN2O3/c1-10-4-3-5-11(8-10)17(2)15(19)13-9-12(18(20)21)6-7-14(13)16/h3-9H,1-2H3. The van der Waals surface area contributed by atoms with Crippen molar-refractivity contribution in [3.8, 4) is 0 Å². The van der Waals surface area contributed by atoms with Gasteiger partial charge in [-0.2, -0.15) is 0 Å². The van der Waals surface area contributed by atoms with Gasteiger partial charge in [-0.25, -0.2) is 0 Å². The van der Waals surface area contributed by atoms with Crippen LogP contribution in [0.5, 0.6) is 0 Å². The SMILES string of the molecule is Cc1cccc(N(C)C(=O)c2cc([N+](=O)[O-])ccc2I)c1. The maximum Gasteiger partial charge on any atom is 0.270 e. The minimum Gasteiger partial charge on any atom is -0.311 e. The van der Waals surface area contributed by atoms with Crippen molar-refractivity contribution in [2.75, 3.05) is 11.9 Å². The average Bonchev–Trinajstić information content (AvgIpc) is 2.46. The minimum absolute atomic E-state index is 0.0867. The number of anilines is 1. The van der Waals surface area contributed by atoms with Crippen LogP contribution in [-0.4, -0.2) is 17.9 Å². The van der Waals surface area contributed by atoms with E-state index in [-0.39, 0.29) is 11.6 Å². The van der Waals surface area contributed by atoms with Crippen LogP contribution < -0.4 is 4.90 Å². The summed E-state index contributed by atoms with van der Waals surface area (Å²) in [5.41, 5.74) is 2.04. The van der Waals surface area contributed by atoms with E-state index < -0.39 is 4.92 Å². The van der Waals surface area contributed by atoms with Crippen LogP contribution in [-0.2, 0) is 0 Å². The highest BCUT2D eigenvalue weighted by atomic mass is 127. The molecule has 2 rings (SSSR count). The number of nitro benzene ring substituents is 1. The third kappa shape index (κ3) is 3.38. The highest BCUT2D eigenvalue weighted by Gasteiger charge is 2.19. The molecule has 6 heteroatoms. The van der Waals surface area contributed by atoms with E-state index >= 15 is 0 Å². The number of nitro groups is 1. The van der Waals surface area contributed by atoms with Gasteiger partial charge in [-0.15, -0.1) is 0 Å². The molecule has 2 aromatic rings. The molecule has 0 saturated heterocycles. The van der Waals surface area contributed by atoms with Crippen LogP contribution >= 0.6 is 22.6 Å². The molecule has 0 radical (unpaired) electrons. The second-order valence-electron chi connectivity index (χ2n) is 4.62. The Morgan fingerprint density at radius 2 is 1.95 bits per heavy atom. The molecular formula is C15H13IN2O3. The number of hydrogen-bond acceptors (Lipinski definition) is 3. The van der Waals surface area contributed by atoms with Crippen LogP contribution in [0.25, 0.3) is 0 Å². The number of rotatable bonds is 3. The highest BCUT2D eigenvalue weighted by Crippen LogP contribution is 2.23. The Morgan fingerprint density at radius 3 is 2.57 bits per heavy atom. The molecule has 21 heavy (non-hydrogen) atoms. The van der Waals surface area contributed by atoms with Crippen LogP contribution in [0.1, 0.15) is 15.9 Å². The quantitative estimate of drug-likeness (QED) is 0.451. The Kier molecular flexibility index (Phi) is 4.56. The van der Waals surface area contributed by atoms with E-state index in [0.29, 0.717) is 9.13 Å². The molecule has 0 fully saturated rings. The largest absolute Gasteiger partial charge is 0.311 e. The third-order valence-corrected chi connectivity index (χ3v) is 4.03. The first-order valence-corrected chi connectivity index (χ1v) is 7.26. The first-order valence-electron chi connectivity index (χ1n) is 6.19. The van der Waals surface area contributed by atoms with E-state index in [1.165, 1.54) is 17.0 Å². The molecule has 0 N–H and O–H groups in total. The lowest BCUT2D eigenvalue weighted by Crippen LogP contribution is -2.27. The monoisotopic (exact) mass is 396 g/mol. The molecule has 2 aromatic carbocycles. The van der Waals surface area contributed by atoms with Crippen LogP contribution in [0.2, 0.25) is 0 Å². The third-order valence-electron chi connectivity index (χ3n) is 3.08. The fourth-order valence-corrected chi connectivity index (χ4v) is 2.49. The number of amides is 1. The van der Waals surface area contributed by atoms with Crippen LogP contribution in [0.3, 0.4) is 0 Å². The fourth-order valence-electron chi connectivity index (χ4n) is 1.93. The zero-order valence-electron chi connectivity index (χ0n) is 11.5. The smallest absolute Gasteiger partial charge is 0.270 e. The van der Waals surface area contributed by atoms with E-state index in [9.17, 15) is 14.9 Å². The Morgan fingerprint density at radius 1 is 1.24 bits per heavy atom. The van der Waals surface area contributed by atoms with Gasteiger partial charge in [0.1, 0.15) is 0 Å². The zero-order valence-corrected chi connectivity index (χ0v) is 13.7. The van der Waals surface area contributed by atoms with Crippen LogP contribution in [0.15, 0.2) is 42.5 Å². The number of carbonyl (C=O) groups is 1. The second kappa shape index (κ2) is 6.21. The first kappa shape index (κ1) is 15.4. The molecule has 0 heterocycles. The lowest BCUT2D eigenvalue weighted by Gasteiger charge is -2.18. The van der Waals surface area contributed by atoms with E-state index in [1.807, 2.05) is 53.8 Å². The molecule has 0 bridgehead atoms. The molecule has 0 unspecified atom stereocenters. The topological polar surface area (TPSA) is 63.5 Å². The summed E-state index contributed by atoms with van der Waals surface area (Å²) in [4.78, 5) is 24.4. The number of non-ortho nitro benzene ring substituents is 1. The maximum absolute atomic E-state index is 12.6. The average molecular weight is 396 g/mol. The van der Waals surface area contributed by atoms with Gasteiger partial charge < -0.3 is 4.90 Å². The van der Waals surface area contributed by atoms with E-state index in [4.69, 9.17) is 0 Å². The number of carbonyl (C=O) groups excluding carboxylic acids is 1. The molecule has 0 aromatic heterocycles. The summed E-state index contributed by atoms with van der Waals surface area (Å²) < 4.78 is 0.683. The van der Waals surface area contributed by atoms with Crippen LogP contribution in [0.4, 0.5) is 11.4 Å². The minimum atomic E-state index is -0.500. The summed E-state index contributed by atoms with van der Waals surface area (Å²) in [5, 5.41) is 10.8. The maximum atomic E-state index is 12.6. The lowest BCUT2D eigenvalue weighted by molar-refractivity contribution is -0.384. The van der Waals surface area contributed by atoms with Crippen molar-refractivity contribution in [2.45, 2.75) is 6.92 Å². The van der Waals surface area contributed by atoms with Crippen LogP contribution in [0, 0.1) is 20.6 Å². The predicted octanol–water partition coefficient (Wildman–Crippen LogP) is 3.78. The van der Waals surface area contributed by atoms with Gasteiger partial charge in [0, 0.05) is 28.4 Å². The molecule has 0 aliphatic carbocycles. The van der Waals surface area contributed by atoms with Gasteiger partial charge in [-0.3, -0.25) is 14.9 Å². The van der Waals surface area contributed by atoms with Crippen molar-refractivity contribution in [2.24, 2.45) is 0 Å². The molecular weight excluding hydrogens is 383 g/mol. The van der Waals surface area contributed by atoms with Gasteiger partial charge >= 0.3 is 0 Å². The fraction of sp³-hybridized carbons (Fsp3) is 0.133. The zero-order chi connectivity index (χ0) is 15.6. The van der Waals surface area contributed by atoms with Gasteiger partial charge in [0.25, 0.3) is 11.6 Å². The van der Waals surface area contributed by atoms with Crippen molar-refractivity contribution >= 4 is 39.9 Å². The van der Waals surface area contributed by atoms with E-state index in [2.05, 4.69) is 0 Å². The molecule has 0 spiro atoms. The van der Waals surface area contributed by atoms with Crippen molar-refractivity contribution in [1.82, 2.24) is 0 Å². The second-order valence-corrected chi connectivity index (χ2v) is 5.79. The summed E-state index contributed by atoms with van der Waals surface area (Å²) in [6.07, 6.45) is 0. The highest BCUT2D eigenvalue weighted by molar-refractivity contribution is 14.1. The van der Waals surface area contributed by atoms with Crippen molar-refractivity contribution in [3.05, 3.63) is 67.3 Å². The van der Waals surface area contributed by atoms with Gasteiger partial charge in [-0.1, -0.05) is 12.1 Å². The molecule has 1 amide bonds. The Labute approximate surface area is 135 Å². The number of hydrogen-bond donors (Lipinski definition) is 0. The lowest BCUT2D eigenvalue weighted by atomic mass is 10.1. The normalized spacial score (nSPS) is 10.2. The summed E-state index contributed by atoms with van der Waals surface area (Å²) in [5.74, 6) is -0.270. The number of benzene rings is 2. The van der Waals surface area contributed by atoms with Gasteiger partial charge in [0.15, 0.2) is 0 Å². The van der Waals surface area contributed by atoms with Gasteiger partial charge in [0.2, 0.25) is 0 Å². The van der Waals surface area contributed by atoms with Crippen molar-refractivity contribution in [1.29, 1.82) is 0 Å². The number of nitrogens with zero attached hydrogens (tertiary/aromatic N) is 2. The van der Waals surface area contributed by atoms with E-state index in [0.717, 1.165) is 11.3 Å². The van der Waals surface area contributed by atoms with Gasteiger partial charge in [0.05, 0.1) is 10.5 Å². The first-order chi connectivity index (χ1) is 9.90. The predicted molar refractivity (Wildman–Crippen MR) is 89.7 cm³/mol. The van der Waals surface area contributed by atoms with E-state index in [1.54, 1.807) is 13.1 Å². The summed E-state index contributed by atoms with van der Waals surface area (Å²) in [6, 6.07) is 11.8. The molecule has 0 aliphatic rings. The summed E-state index contributed by atoms with van der Waals surface area (Å²) in [7, 11) is 1.66. The molecule has 5 nitrogen and oxygen atoms in total. The summed E-state index contributed by atoms with van der Waals surface area (Å²) >= 11 is 2.00. The Hall–Kier alpha value is -1.96. The number of aryl methyl sites for hydroxylation is 1. The molecule has 108 valence electrons. The Balaban J connectivity index is 2.39. The van der Waals surface area contributed by atoms with Crippen molar-refractivity contribution in [3.63, 3.8) is 0 Å². The van der Waals surface area contributed by atoms with Crippen molar-refractivity contribution < 1.29 is 9.72 Å². The Bertz CT molecular complexity index is 716.